The maximum absolute atomic E-state index is 14.3. The molecule has 10 heteroatoms. The molecule has 2 aromatic rings. The lowest BCUT2D eigenvalue weighted by Crippen LogP contribution is -2.51. The fourth-order valence-corrected chi connectivity index (χ4v) is 4.50. The molecule has 2 N–H and O–H groups in total. The van der Waals surface area contributed by atoms with Crippen LogP contribution in [0.4, 0.5) is 24.7 Å². The minimum Gasteiger partial charge on any atom is -0.368 e. The van der Waals surface area contributed by atoms with Gasteiger partial charge in [0, 0.05) is 38.1 Å². The summed E-state index contributed by atoms with van der Waals surface area (Å²) in [6, 6.07) is 10.4. The summed E-state index contributed by atoms with van der Waals surface area (Å²) < 4.78 is 42.8. The summed E-state index contributed by atoms with van der Waals surface area (Å²) in [6.45, 7) is 5.93. The van der Waals surface area contributed by atoms with E-state index in [1.807, 2.05) is 18.2 Å². The van der Waals surface area contributed by atoms with E-state index in [1.165, 1.54) is 12.1 Å². The van der Waals surface area contributed by atoms with Crippen LogP contribution >= 0.6 is 0 Å². The number of anilines is 2. The third kappa shape index (κ3) is 6.63. The summed E-state index contributed by atoms with van der Waals surface area (Å²) in [5, 5.41) is 9.25. The van der Waals surface area contributed by atoms with E-state index < -0.39 is 30.7 Å². The molecule has 0 bridgehead atoms. The predicted molar refractivity (Wildman–Crippen MR) is 129 cm³/mol. The fraction of sp³-hybridized carbons (Fsp3) is 0.480. The van der Waals surface area contributed by atoms with Gasteiger partial charge in [-0.3, -0.25) is 9.69 Å². The minimum absolute atomic E-state index is 0.0290. The predicted octanol–water partition coefficient (Wildman–Crippen LogP) is 3.74. The smallest absolute Gasteiger partial charge is 0.368 e. The Morgan fingerprint density at radius 2 is 1.74 bits per heavy atom. The van der Waals surface area contributed by atoms with Crippen LogP contribution in [0.5, 0.6) is 0 Å². The highest BCUT2D eigenvalue weighted by Crippen LogP contribution is 2.40. The maximum atomic E-state index is 14.3. The number of benzene rings is 1. The number of nitrogens with zero attached hydrogens (tertiary/aromatic N) is 5. The number of carbonyl (C=O) groups is 1. The van der Waals surface area contributed by atoms with E-state index >= 15 is 0 Å². The molecular formula is C25H31F3N6O. The van der Waals surface area contributed by atoms with Crippen molar-refractivity contribution in [2.24, 2.45) is 11.7 Å². The number of aromatic nitrogens is 1. The molecule has 1 aliphatic heterocycles. The Kier molecular flexibility index (Phi) is 8.57. The van der Waals surface area contributed by atoms with Gasteiger partial charge in [-0.05, 0) is 42.2 Å². The van der Waals surface area contributed by atoms with Crippen molar-refractivity contribution in [2.45, 2.75) is 38.5 Å². The maximum Gasteiger partial charge on any atom is 0.408 e. The topological polar surface area (TPSA) is 89.5 Å². The number of halogens is 3. The molecule has 1 aromatic heterocycles. The van der Waals surface area contributed by atoms with Crippen molar-refractivity contribution in [3.05, 3.63) is 54.2 Å². The van der Waals surface area contributed by atoms with Crippen LogP contribution in [0, 0.1) is 17.2 Å². The van der Waals surface area contributed by atoms with Crippen molar-refractivity contribution in [1.82, 2.24) is 9.88 Å². The van der Waals surface area contributed by atoms with Crippen LogP contribution in [-0.4, -0.2) is 60.7 Å². The standard InChI is InChI=1S/C25H31F3N6O/c1-18(2)17-21(24(30)35)34(12-10-29)23(25(26,27)28)19-6-8-20(9-7-19)32-13-15-33(16-14-32)22-5-3-4-11-31-22/h3-9,11,18,21,23H,12-17H2,1-2H3,(H2,30,35)/t21-,23?/m0/s1. The molecule has 1 fully saturated rings. The van der Waals surface area contributed by atoms with Crippen molar-refractivity contribution in [2.75, 3.05) is 42.5 Å². The monoisotopic (exact) mass is 488 g/mol. The quantitative estimate of drug-likeness (QED) is 0.541. The average molecular weight is 489 g/mol. The number of primary amides is 1. The number of hydrogen-bond donors (Lipinski definition) is 1. The van der Waals surface area contributed by atoms with Crippen LogP contribution in [0.1, 0.15) is 31.9 Å². The first kappa shape index (κ1) is 26.3. The van der Waals surface area contributed by atoms with E-state index in [9.17, 15) is 23.2 Å². The lowest BCUT2D eigenvalue weighted by molar-refractivity contribution is -0.192. The van der Waals surface area contributed by atoms with Gasteiger partial charge in [0.15, 0.2) is 0 Å². The second-order valence-corrected chi connectivity index (χ2v) is 9.08. The molecule has 0 saturated carbocycles. The number of rotatable bonds is 9. The summed E-state index contributed by atoms with van der Waals surface area (Å²) in [5.74, 6) is -0.0428. The van der Waals surface area contributed by atoms with Gasteiger partial charge in [-0.1, -0.05) is 32.0 Å². The first-order valence-electron chi connectivity index (χ1n) is 11.6. The third-order valence-electron chi connectivity index (χ3n) is 6.15. The second kappa shape index (κ2) is 11.4. The highest BCUT2D eigenvalue weighted by atomic mass is 19.4. The molecule has 0 radical (unpaired) electrons. The lowest BCUT2D eigenvalue weighted by atomic mass is 9.96. The highest BCUT2D eigenvalue weighted by Gasteiger charge is 2.48. The number of hydrogen-bond acceptors (Lipinski definition) is 6. The van der Waals surface area contributed by atoms with E-state index in [0.29, 0.717) is 13.1 Å². The number of piperazine rings is 1. The van der Waals surface area contributed by atoms with Crippen LogP contribution in [0.25, 0.3) is 0 Å². The normalized spacial score (nSPS) is 16.3. The summed E-state index contributed by atoms with van der Waals surface area (Å²) in [7, 11) is 0. The van der Waals surface area contributed by atoms with Gasteiger partial charge >= 0.3 is 6.18 Å². The molecule has 35 heavy (non-hydrogen) atoms. The largest absolute Gasteiger partial charge is 0.408 e. The molecule has 2 atom stereocenters. The Morgan fingerprint density at radius 1 is 1.11 bits per heavy atom. The Labute approximate surface area is 203 Å². The van der Waals surface area contributed by atoms with Crippen molar-refractivity contribution in [3.8, 4) is 6.07 Å². The molecule has 1 saturated heterocycles. The van der Waals surface area contributed by atoms with Gasteiger partial charge in [0.25, 0.3) is 0 Å². The zero-order valence-electron chi connectivity index (χ0n) is 19.9. The molecule has 188 valence electrons. The highest BCUT2D eigenvalue weighted by molar-refractivity contribution is 5.80. The van der Waals surface area contributed by atoms with Gasteiger partial charge in [-0.2, -0.15) is 18.4 Å². The molecule has 0 aliphatic carbocycles. The Morgan fingerprint density at radius 3 is 2.23 bits per heavy atom. The van der Waals surface area contributed by atoms with E-state index in [2.05, 4.69) is 14.8 Å². The van der Waals surface area contributed by atoms with Crippen LogP contribution in [0.2, 0.25) is 0 Å². The number of pyridine rings is 1. The second-order valence-electron chi connectivity index (χ2n) is 9.08. The molecule has 0 spiro atoms. The molecule has 1 amide bonds. The van der Waals surface area contributed by atoms with Crippen LogP contribution in [0.3, 0.4) is 0 Å². The minimum atomic E-state index is -4.70. The van der Waals surface area contributed by atoms with Crippen molar-refractivity contribution in [3.63, 3.8) is 0 Å². The van der Waals surface area contributed by atoms with Crippen LogP contribution in [0.15, 0.2) is 48.7 Å². The molecular weight excluding hydrogens is 457 g/mol. The van der Waals surface area contributed by atoms with Crippen molar-refractivity contribution in [1.29, 1.82) is 5.26 Å². The van der Waals surface area contributed by atoms with Gasteiger partial charge in [-0.25, -0.2) is 4.98 Å². The zero-order chi connectivity index (χ0) is 25.6. The number of alkyl halides is 3. The lowest BCUT2D eigenvalue weighted by Gasteiger charge is -2.38. The molecule has 7 nitrogen and oxygen atoms in total. The van der Waals surface area contributed by atoms with Crippen LogP contribution < -0.4 is 15.5 Å². The summed E-state index contributed by atoms with van der Waals surface area (Å²) in [6.07, 6.45) is -2.82. The summed E-state index contributed by atoms with van der Waals surface area (Å²) >= 11 is 0. The van der Waals surface area contributed by atoms with Gasteiger partial charge in [0.2, 0.25) is 5.91 Å². The van der Waals surface area contributed by atoms with E-state index in [1.54, 1.807) is 38.2 Å². The van der Waals surface area contributed by atoms with Gasteiger partial charge in [0.1, 0.15) is 11.9 Å². The average Bonchev–Trinajstić information content (AvgIpc) is 2.82. The third-order valence-corrected chi connectivity index (χ3v) is 6.15. The first-order valence-corrected chi connectivity index (χ1v) is 11.6. The number of carbonyl (C=O) groups excluding carboxylic acids is 1. The van der Waals surface area contributed by atoms with Gasteiger partial charge in [-0.15, -0.1) is 0 Å². The number of amides is 1. The van der Waals surface area contributed by atoms with Gasteiger partial charge in [0.05, 0.1) is 18.7 Å². The van der Waals surface area contributed by atoms with E-state index in [4.69, 9.17) is 5.73 Å². The summed E-state index contributed by atoms with van der Waals surface area (Å²) in [5.41, 5.74) is 6.26. The SMILES string of the molecule is CC(C)C[C@@H](C(N)=O)N(CC#N)C(c1ccc(N2CCN(c3ccccn3)CC2)cc1)C(F)(F)F. The Bertz CT molecular complexity index is 999. The Balaban J connectivity index is 1.81. The summed E-state index contributed by atoms with van der Waals surface area (Å²) in [4.78, 5) is 21.6. The molecule has 1 aromatic carbocycles. The van der Waals surface area contributed by atoms with E-state index in [0.717, 1.165) is 29.5 Å². The number of nitrogens with two attached hydrogens (primary N) is 1. The molecule has 3 rings (SSSR count). The van der Waals surface area contributed by atoms with Crippen molar-refractivity contribution < 1.29 is 18.0 Å². The fourth-order valence-electron chi connectivity index (χ4n) is 4.50. The molecule has 2 heterocycles. The Hall–Kier alpha value is -3.32. The molecule has 1 aliphatic rings. The first-order chi connectivity index (χ1) is 16.6. The van der Waals surface area contributed by atoms with Crippen molar-refractivity contribution >= 4 is 17.4 Å². The zero-order valence-corrected chi connectivity index (χ0v) is 19.9. The number of nitriles is 1. The van der Waals surface area contributed by atoms with E-state index in [-0.39, 0.29) is 17.9 Å². The molecule has 1 unspecified atom stereocenters. The van der Waals surface area contributed by atoms with Crippen LogP contribution in [-0.2, 0) is 4.79 Å². The van der Waals surface area contributed by atoms with Gasteiger partial charge < -0.3 is 15.5 Å².